The van der Waals surface area contributed by atoms with E-state index in [1.165, 1.54) is 17.5 Å². The Morgan fingerprint density at radius 2 is 1.82 bits per heavy atom. The van der Waals surface area contributed by atoms with Crippen LogP contribution >= 0.6 is 0 Å². The third-order valence-corrected chi connectivity index (χ3v) is 5.96. The van der Waals surface area contributed by atoms with Crippen LogP contribution in [-0.4, -0.2) is 43.2 Å². The molecular formula is C23H31N5. The fourth-order valence-corrected chi connectivity index (χ4v) is 4.20. The number of rotatable bonds is 4. The Morgan fingerprint density at radius 1 is 1.04 bits per heavy atom. The number of aryl methyl sites for hydroxylation is 2. The number of aromatic nitrogens is 1. The predicted octanol–water partition coefficient (Wildman–Crippen LogP) is 3.39. The fourth-order valence-electron chi connectivity index (χ4n) is 4.20. The maximum absolute atomic E-state index is 4.66. The van der Waals surface area contributed by atoms with E-state index in [2.05, 4.69) is 81.8 Å². The number of anilines is 1. The molecule has 1 aliphatic heterocycles. The Hall–Kier alpha value is -2.56. The van der Waals surface area contributed by atoms with E-state index in [0.717, 1.165) is 43.4 Å². The molecule has 2 N–H and O–H groups in total. The van der Waals surface area contributed by atoms with Gasteiger partial charge in [0.25, 0.3) is 0 Å². The Kier molecular flexibility index (Phi) is 5.51. The second-order valence-electron chi connectivity index (χ2n) is 8.06. The third-order valence-electron chi connectivity index (χ3n) is 5.96. The summed E-state index contributed by atoms with van der Waals surface area (Å²) in [6, 6.07) is 15.9. The summed E-state index contributed by atoms with van der Waals surface area (Å²) in [6.45, 7) is 6.31. The molecule has 2 aliphatic rings. The largest absolute Gasteiger partial charge is 0.356 e. The number of aliphatic imine (C=N–C) groups is 1. The summed E-state index contributed by atoms with van der Waals surface area (Å²) in [6.07, 6.45) is 3.38. The first-order valence-corrected chi connectivity index (χ1v) is 10.4. The maximum atomic E-state index is 4.66. The predicted molar refractivity (Wildman–Crippen MR) is 116 cm³/mol. The van der Waals surface area contributed by atoms with Gasteiger partial charge >= 0.3 is 0 Å². The van der Waals surface area contributed by atoms with Crippen LogP contribution < -0.4 is 15.5 Å². The van der Waals surface area contributed by atoms with Gasteiger partial charge in [-0.25, -0.2) is 4.98 Å². The summed E-state index contributed by atoms with van der Waals surface area (Å²) < 4.78 is 0. The summed E-state index contributed by atoms with van der Waals surface area (Å²) in [4.78, 5) is 11.5. The minimum Gasteiger partial charge on any atom is -0.356 e. The molecule has 5 heteroatoms. The van der Waals surface area contributed by atoms with Crippen molar-refractivity contribution in [1.82, 2.24) is 15.6 Å². The molecule has 2 fully saturated rings. The van der Waals surface area contributed by atoms with Crippen LogP contribution in [0, 0.1) is 13.8 Å². The zero-order valence-corrected chi connectivity index (χ0v) is 17.2. The summed E-state index contributed by atoms with van der Waals surface area (Å²) in [5, 5.41) is 7.27. The van der Waals surface area contributed by atoms with Gasteiger partial charge in [-0.1, -0.05) is 30.3 Å². The molecule has 5 nitrogen and oxygen atoms in total. The highest BCUT2D eigenvalue weighted by atomic mass is 15.2. The van der Waals surface area contributed by atoms with Crippen molar-refractivity contribution in [1.29, 1.82) is 0 Å². The van der Waals surface area contributed by atoms with Crippen LogP contribution in [0.4, 0.5) is 5.82 Å². The van der Waals surface area contributed by atoms with Gasteiger partial charge in [0.15, 0.2) is 5.96 Å². The van der Waals surface area contributed by atoms with Crippen LogP contribution in [0.25, 0.3) is 0 Å². The molecule has 0 radical (unpaired) electrons. The highest BCUT2D eigenvalue weighted by Crippen LogP contribution is 2.42. The van der Waals surface area contributed by atoms with Crippen molar-refractivity contribution >= 4 is 11.8 Å². The van der Waals surface area contributed by atoms with Gasteiger partial charge in [0.05, 0.1) is 0 Å². The molecule has 0 spiro atoms. The highest BCUT2D eigenvalue weighted by molar-refractivity contribution is 5.81. The van der Waals surface area contributed by atoms with Crippen LogP contribution in [0.1, 0.15) is 42.0 Å². The van der Waals surface area contributed by atoms with Crippen LogP contribution in [0.3, 0.4) is 0 Å². The highest BCUT2D eigenvalue weighted by Gasteiger charge is 2.39. The number of nitrogens with one attached hydrogen (secondary N) is 2. The van der Waals surface area contributed by atoms with Gasteiger partial charge in [0, 0.05) is 43.8 Å². The van der Waals surface area contributed by atoms with E-state index in [9.17, 15) is 0 Å². The first kappa shape index (κ1) is 18.8. The molecule has 1 saturated carbocycles. The van der Waals surface area contributed by atoms with Crippen molar-refractivity contribution in [2.24, 2.45) is 4.99 Å². The van der Waals surface area contributed by atoms with Crippen LogP contribution in [0.15, 0.2) is 47.5 Å². The number of hydrogen-bond donors (Lipinski definition) is 2. The Labute approximate surface area is 168 Å². The molecule has 0 amide bonds. The zero-order valence-electron chi connectivity index (χ0n) is 17.2. The lowest BCUT2D eigenvalue weighted by molar-refractivity contribution is 0.459. The topological polar surface area (TPSA) is 52.6 Å². The number of pyridine rings is 1. The molecule has 1 aromatic heterocycles. The normalized spacial score (nSPS) is 22.8. The van der Waals surface area contributed by atoms with E-state index in [4.69, 9.17) is 0 Å². The SMILES string of the molecule is CN=C(NC1CCN(c2cccc(C)n2)CC1)NC1CC1c1ccccc1C. The standard InChI is InChI=1S/C23H31N5/c1-16-7-4-5-9-19(16)20-15-21(20)27-23(24-3)26-18-11-13-28(14-12-18)22-10-6-8-17(2)25-22/h4-10,18,20-21H,11-15H2,1-3H3,(H2,24,26,27). The van der Waals surface area contributed by atoms with Gasteiger partial charge in [-0.2, -0.15) is 0 Å². The average Bonchev–Trinajstić information content (AvgIpc) is 3.47. The Bertz CT molecular complexity index is 838. The van der Waals surface area contributed by atoms with E-state index in [1.807, 2.05) is 7.05 Å². The van der Waals surface area contributed by atoms with E-state index < -0.39 is 0 Å². The van der Waals surface area contributed by atoms with E-state index in [0.29, 0.717) is 18.0 Å². The Balaban J connectivity index is 1.27. The second-order valence-corrected chi connectivity index (χ2v) is 8.06. The molecule has 28 heavy (non-hydrogen) atoms. The molecule has 2 heterocycles. The molecule has 1 aliphatic carbocycles. The molecule has 1 aromatic carbocycles. The summed E-state index contributed by atoms with van der Waals surface area (Å²) >= 11 is 0. The molecule has 148 valence electrons. The van der Waals surface area contributed by atoms with Gasteiger partial charge in [-0.15, -0.1) is 0 Å². The van der Waals surface area contributed by atoms with Gasteiger partial charge in [0.1, 0.15) is 5.82 Å². The minimum absolute atomic E-state index is 0.461. The lowest BCUT2D eigenvalue weighted by Gasteiger charge is -2.34. The maximum Gasteiger partial charge on any atom is 0.191 e. The molecule has 2 unspecified atom stereocenters. The third kappa shape index (κ3) is 4.29. The van der Waals surface area contributed by atoms with Crippen molar-refractivity contribution < 1.29 is 0 Å². The van der Waals surface area contributed by atoms with Crippen molar-refractivity contribution in [3.63, 3.8) is 0 Å². The van der Waals surface area contributed by atoms with Crippen molar-refractivity contribution in [3.05, 3.63) is 59.3 Å². The van der Waals surface area contributed by atoms with Gasteiger partial charge in [-0.05, 0) is 56.4 Å². The van der Waals surface area contributed by atoms with Crippen molar-refractivity contribution in [2.45, 2.75) is 51.1 Å². The lowest BCUT2D eigenvalue weighted by atomic mass is 10.0. The first-order valence-electron chi connectivity index (χ1n) is 10.4. The molecule has 2 aromatic rings. The molecule has 1 saturated heterocycles. The smallest absolute Gasteiger partial charge is 0.191 e. The van der Waals surface area contributed by atoms with Crippen LogP contribution in [-0.2, 0) is 0 Å². The quantitative estimate of drug-likeness (QED) is 0.633. The number of guanidine groups is 1. The first-order chi connectivity index (χ1) is 13.6. The molecule has 0 bridgehead atoms. The lowest BCUT2D eigenvalue weighted by Crippen LogP contribution is -2.49. The fraction of sp³-hybridized carbons (Fsp3) is 0.478. The van der Waals surface area contributed by atoms with E-state index in [1.54, 1.807) is 0 Å². The monoisotopic (exact) mass is 377 g/mol. The van der Waals surface area contributed by atoms with Crippen molar-refractivity contribution in [3.8, 4) is 0 Å². The summed E-state index contributed by atoms with van der Waals surface area (Å²) in [5.74, 6) is 2.64. The summed E-state index contributed by atoms with van der Waals surface area (Å²) in [5.41, 5.74) is 3.93. The molecule has 4 rings (SSSR count). The average molecular weight is 378 g/mol. The number of benzene rings is 1. The van der Waals surface area contributed by atoms with E-state index in [-0.39, 0.29) is 0 Å². The number of nitrogens with zero attached hydrogens (tertiary/aromatic N) is 3. The van der Waals surface area contributed by atoms with E-state index >= 15 is 0 Å². The van der Waals surface area contributed by atoms with Crippen molar-refractivity contribution in [2.75, 3.05) is 25.0 Å². The van der Waals surface area contributed by atoms with Gasteiger partial charge in [-0.3, -0.25) is 4.99 Å². The van der Waals surface area contributed by atoms with Gasteiger partial charge < -0.3 is 15.5 Å². The Morgan fingerprint density at radius 3 is 2.54 bits per heavy atom. The number of hydrogen-bond acceptors (Lipinski definition) is 3. The number of piperidine rings is 1. The second kappa shape index (κ2) is 8.21. The molecule has 2 atom stereocenters. The minimum atomic E-state index is 0.461. The van der Waals surface area contributed by atoms with Crippen LogP contribution in [0.5, 0.6) is 0 Å². The zero-order chi connectivity index (χ0) is 19.5. The van der Waals surface area contributed by atoms with Gasteiger partial charge in [0.2, 0.25) is 0 Å². The van der Waals surface area contributed by atoms with Crippen LogP contribution in [0.2, 0.25) is 0 Å². The molecular weight excluding hydrogens is 346 g/mol. The summed E-state index contributed by atoms with van der Waals surface area (Å²) in [7, 11) is 1.87.